The Morgan fingerprint density at radius 2 is 1.83 bits per heavy atom. The summed E-state index contributed by atoms with van der Waals surface area (Å²) in [6, 6.07) is 16.5. The molecule has 0 unspecified atom stereocenters. The van der Waals surface area contributed by atoms with Crippen molar-refractivity contribution in [1.82, 2.24) is 15.0 Å². The molecular formula is C26H24F3N5O2. The zero-order valence-electron chi connectivity index (χ0n) is 19.3. The number of hydrogen-bond donors (Lipinski definition) is 2. The van der Waals surface area contributed by atoms with E-state index in [9.17, 15) is 13.2 Å². The number of ether oxygens (including phenoxy) is 1. The molecule has 0 spiro atoms. The van der Waals surface area contributed by atoms with Crippen molar-refractivity contribution in [3.8, 4) is 17.1 Å². The van der Waals surface area contributed by atoms with Crippen LogP contribution < -0.4 is 10.5 Å². The van der Waals surface area contributed by atoms with E-state index >= 15 is 0 Å². The Labute approximate surface area is 205 Å². The molecule has 1 atom stereocenters. The molecule has 2 heterocycles. The fourth-order valence-electron chi connectivity index (χ4n) is 4.40. The first-order valence-corrected chi connectivity index (χ1v) is 11.6. The van der Waals surface area contributed by atoms with Gasteiger partial charge in [0.25, 0.3) is 0 Å². The molecule has 4 aromatic rings. The quantitative estimate of drug-likeness (QED) is 0.268. The van der Waals surface area contributed by atoms with Crippen LogP contribution in [-0.2, 0) is 12.6 Å². The maximum absolute atomic E-state index is 12.7. The summed E-state index contributed by atoms with van der Waals surface area (Å²) in [4.78, 5) is 6.31. The van der Waals surface area contributed by atoms with E-state index in [-0.39, 0.29) is 12.0 Å². The van der Waals surface area contributed by atoms with Crippen LogP contribution >= 0.6 is 0 Å². The van der Waals surface area contributed by atoms with E-state index in [1.165, 1.54) is 12.1 Å². The lowest BCUT2D eigenvalue weighted by molar-refractivity contribution is -0.137. The third-order valence-corrected chi connectivity index (χ3v) is 6.30. The van der Waals surface area contributed by atoms with E-state index in [1.807, 2.05) is 36.4 Å². The van der Waals surface area contributed by atoms with Gasteiger partial charge in [0, 0.05) is 18.5 Å². The lowest BCUT2D eigenvalue weighted by Gasteiger charge is -2.21. The van der Waals surface area contributed by atoms with Crippen LogP contribution in [0, 0.1) is 5.41 Å². The molecule has 10 heteroatoms. The molecule has 36 heavy (non-hydrogen) atoms. The van der Waals surface area contributed by atoms with Crippen LogP contribution in [0.1, 0.15) is 35.9 Å². The summed E-state index contributed by atoms with van der Waals surface area (Å²) in [7, 11) is 0. The molecule has 0 amide bonds. The van der Waals surface area contributed by atoms with Crippen molar-refractivity contribution in [3.63, 3.8) is 0 Å². The van der Waals surface area contributed by atoms with Crippen LogP contribution in [0.25, 0.3) is 22.2 Å². The zero-order valence-corrected chi connectivity index (χ0v) is 19.3. The summed E-state index contributed by atoms with van der Waals surface area (Å²) in [5.41, 5.74) is 6.59. The molecule has 0 aliphatic carbocycles. The Balaban J connectivity index is 1.24. The van der Waals surface area contributed by atoms with Gasteiger partial charge in [-0.25, -0.2) is 0 Å². The van der Waals surface area contributed by atoms with Crippen LogP contribution in [-0.4, -0.2) is 34.2 Å². The van der Waals surface area contributed by atoms with Gasteiger partial charge >= 0.3 is 6.18 Å². The molecule has 7 nitrogen and oxygen atoms in total. The van der Waals surface area contributed by atoms with Crippen LogP contribution in [0.15, 0.2) is 65.2 Å². The van der Waals surface area contributed by atoms with E-state index < -0.39 is 11.7 Å². The molecule has 186 valence electrons. The van der Waals surface area contributed by atoms with Gasteiger partial charge in [-0.3, -0.25) is 5.41 Å². The molecule has 3 aromatic carbocycles. The van der Waals surface area contributed by atoms with Crippen molar-refractivity contribution in [1.29, 1.82) is 5.41 Å². The standard InChI is InChI=1S/C26H24F3N5O2/c27-26(28,29)20-8-3-16(4-9-20)11-13-35-21-10-7-17-14-19(6-5-18(17)15-21)23-32-24(36-33-23)22-2-1-12-34(22)25(30)31/h3-10,14-15,22H,1-2,11-13H2,(H3,30,31)/t22-/m0/s1. The van der Waals surface area contributed by atoms with E-state index in [2.05, 4.69) is 10.1 Å². The van der Waals surface area contributed by atoms with Crippen molar-refractivity contribution in [2.75, 3.05) is 13.2 Å². The molecule has 1 saturated heterocycles. The van der Waals surface area contributed by atoms with Gasteiger partial charge in [-0.1, -0.05) is 35.5 Å². The minimum absolute atomic E-state index is 0.000313. The number of hydrogen-bond acceptors (Lipinski definition) is 5. The van der Waals surface area contributed by atoms with Gasteiger partial charge in [0.2, 0.25) is 11.7 Å². The average molecular weight is 496 g/mol. The Morgan fingerprint density at radius 3 is 2.58 bits per heavy atom. The maximum atomic E-state index is 12.7. The van der Waals surface area contributed by atoms with Crippen molar-refractivity contribution in [3.05, 3.63) is 77.7 Å². The lowest BCUT2D eigenvalue weighted by atomic mass is 10.1. The first kappa shape index (κ1) is 23.7. The van der Waals surface area contributed by atoms with Crippen LogP contribution in [0.3, 0.4) is 0 Å². The second-order valence-corrected chi connectivity index (χ2v) is 8.71. The van der Waals surface area contributed by atoms with Gasteiger partial charge in [-0.2, -0.15) is 18.2 Å². The molecule has 5 rings (SSSR count). The molecule has 3 N–H and O–H groups in total. The summed E-state index contributed by atoms with van der Waals surface area (Å²) < 4.78 is 49.4. The highest BCUT2D eigenvalue weighted by atomic mass is 19.4. The van der Waals surface area contributed by atoms with Gasteiger partial charge < -0.3 is 19.9 Å². The normalized spacial score (nSPS) is 16.0. The van der Waals surface area contributed by atoms with Gasteiger partial charge in [0.1, 0.15) is 11.8 Å². The highest BCUT2D eigenvalue weighted by molar-refractivity contribution is 5.87. The zero-order chi connectivity index (χ0) is 25.3. The SMILES string of the molecule is N=C(N)N1CCC[C@H]1c1nc(-c2ccc3cc(OCCc4ccc(C(F)(F)F)cc4)ccc3c2)no1. The minimum Gasteiger partial charge on any atom is -0.493 e. The third kappa shape index (κ3) is 4.98. The topological polar surface area (TPSA) is 101 Å². The maximum Gasteiger partial charge on any atom is 0.416 e. The number of benzene rings is 3. The first-order chi connectivity index (χ1) is 17.3. The summed E-state index contributed by atoms with van der Waals surface area (Å²) in [5, 5.41) is 13.8. The van der Waals surface area contributed by atoms with E-state index in [1.54, 1.807) is 4.90 Å². The predicted octanol–water partition coefficient (Wildman–Crippen LogP) is 5.56. The minimum atomic E-state index is -4.33. The van der Waals surface area contributed by atoms with Crippen molar-refractivity contribution in [2.24, 2.45) is 5.73 Å². The van der Waals surface area contributed by atoms with Gasteiger partial charge in [-0.15, -0.1) is 0 Å². The van der Waals surface area contributed by atoms with Gasteiger partial charge in [0.15, 0.2) is 5.96 Å². The number of fused-ring (bicyclic) bond motifs is 1. The lowest BCUT2D eigenvalue weighted by Crippen LogP contribution is -2.35. The number of likely N-dealkylation sites (tertiary alicyclic amines) is 1. The Morgan fingerprint density at radius 1 is 1.08 bits per heavy atom. The molecule has 1 aromatic heterocycles. The highest BCUT2D eigenvalue weighted by Crippen LogP contribution is 2.33. The predicted molar refractivity (Wildman–Crippen MR) is 128 cm³/mol. The third-order valence-electron chi connectivity index (χ3n) is 6.30. The Kier molecular flexibility index (Phi) is 6.26. The average Bonchev–Trinajstić information content (AvgIpc) is 3.53. The molecule has 1 aliphatic heterocycles. The Bertz CT molecular complexity index is 1380. The molecule has 0 bridgehead atoms. The number of nitrogens with one attached hydrogen (secondary N) is 1. The van der Waals surface area contributed by atoms with Crippen LogP contribution in [0.4, 0.5) is 13.2 Å². The Hall–Kier alpha value is -4.08. The molecular weight excluding hydrogens is 471 g/mol. The number of nitrogens with zero attached hydrogens (tertiary/aromatic N) is 3. The second-order valence-electron chi connectivity index (χ2n) is 8.71. The van der Waals surface area contributed by atoms with E-state index in [0.29, 0.717) is 37.0 Å². The van der Waals surface area contributed by atoms with Crippen LogP contribution in [0.2, 0.25) is 0 Å². The monoisotopic (exact) mass is 495 g/mol. The summed E-state index contributed by atoms with van der Waals surface area (Å²) in [5.74, 6) is 1.60. The molecule has 0 radical (unpaired) electrons. The number of alkyl halides is 3. The molecule has 1 fully saturated rings. The molecule has 0 saturated carbocycles. The number of aromatic nitrogens is 2. The fraction of sp³-hybridized carbons (Fsp3) is 0.269. The number of guanidine groups is 1. The van der Waals surface area contributed by atoms with Crippen LogP contribution in [0.5, 0.6) is 5.75 Å². The second kappa shape index (κ2) is 9.52. The van der Waals surface area contributed by atoms with Crippen molar-refractivity contribution < 1.29 is 22.4 Å². The van der Waals surface area contributed by atoms with E-state index in [0.717, 1.165) is 46.9 Å². The first-order valence-electron chi connectivity index (χ1n) is 11.6. The smallest absolute Gasteiger partial charge is 0.416 e. The van der Waals surface area contributed by atoms with Crippen molar-refractivity contribution in [2.45, 2.75) is 31.5 Å². The number of nitrogens with two attached hydrogens (primary N) is 1. The van der Waals surface area contributed by atoms with Crippen molar-refractivity contribution >= 4 is 16.7 Å². The van der Waals surface area contributed by atoms with Gasteiger partial charge in [-0.05, 0) is 59.5 Å². The number of halogens is 3. The highest BCUT2D eigenvalue weighted by Gasteiger charge is 2.32. The fourth-order valence-corrected chi connectivity index (χ4v) is 4.40. The van der Waals surface area contributed by atoms with E-state index in [4.69, 9.17) is 20.4 Å². The summed E-state index contributed by atoms with van der Waals surface area (Å²) in [6.45, 7) is 1.04. The largest absolute Gasteiger partial charge is 0.493 e. The summed E-state index contributed by atoms with van der Waals surface area (Å²) >= 11 is 0. The molecule has 1 aliphatic rings. The van der Waals surface area contributed by atoms with Gasteiger partial charge in [0.05, 0.1) is 12.2 Å². The number of rotatable bonds is 6. The summed E-state index contributed by atoms with van der Waals surface area (Å²) in [6.07, 6.45) is -2.12.